The van der Waals surface area contributed by atoms with Crippen molar-refractivity contribution in [3.63, 3.8) is 0 Å². The Hall–Kier alpha value is -4.47. The van der Waals surface area contributed by atoms with Gasteiger partial charge in [0.25, 0.3) is 5.56 Å². The summed E-state index contributed by atoms with van der Waals surface area (Å²) in [6.07, 6.45) is 0.440. The van der Waals surface area contributed by atoms with Crippen molar-refractivity contribution in [2.45, 2.75) is 32.9 Å². The average molecular weight is 491 g/mol. The second kappa shape index (κ2) is 10.9. The Balaban J connectivity index is 1.68. The summed E-state index contributed by atoms with van der Waals surface area (Å²) in [5.74, 6) is -1.41. The summed E-state index contributed by atoms with van der Waals surface area (Å²) in [5.41, 5.74) is 0.785. The molecular formula is C26H26N4O6. The molecule has 2 N–H and O–H groups in total. The van der Waals surface area contributed by atoms with Crippen molar-refractivity contribution in [3.05, 3.63) is 87.5 Å². The van der Waals surface area contributed by atoms with Gasteiger partial charge >= 0.3 is 18.0 Å². The number of carbonyl (C=O) groups is 3. The molecule has 0 spiro atoms. The molecule has 3 aromatic rings. The zero-order valence-electron chi connectivity index (χ0n) is 19.9. The van der Waals surface area contributed by atoms with Crippen molar-refractivity contribution in [3.8, 4) is 0 Å². The van der Waals surface area contributed by atoms with Gasteiger partial charge in [0.2, 0.25) is 0 Å². The lowest BCUT2D eigenvalue weighted by molar-refractivity contribution is -0.139. The number of fused-ring (bicyclic) bond motifs is 1. The van der Waals surface area contributed by atoms with Crippen molar-refractivity contribution in [1.82, 2.24) is 20.4 Å². The topological polar surface area (TPSA) is 129 Å². The molecule has 0 radical (unpaired) electrons. The molecule has 1 unspecified atom stereocenters. The third-order valence-corrected chi connectivity index (χ3v) is 5.73. The van der Waals surface area contributed by atoms with Crippen molar-refractivity contribution in [1.29, 1.82) is 0 Å². The third kappa shape index (κ3) is 5.12. The largest absolute Gasteiger partial charge is 0.463 e. The van der Waals surface area contributed by atoms with Crippen LogP contribution >= 0.6 is 0 Å². The number of nitrogens with zero attached hydrogens (tertiary/aromatic N) is 2. The number of aromatic nitrogens is 2. The zero-order chi connectivity index (χ0) is 25.7. The van der Waals surface area contributed by atoms with Crippen LogP contribution in [0.1, 0.15) is 36.3 Å². The van der Waals surface area contributed by atoms with Crippen molar-refractivity contribution in [2.75, 3.05) is 13.2 Å². The van der Waals surface area contributed by atoms with Gasteiger partial charge in [-0.3, -0.25) is 4.79 Å². The van der Waals surface area contributed by atoms with Gasteiger partial charge in [-0.15, -0.1) is 0 Å². The number of rotatable bonds is 8. The molecule has 10 nitrogen and oxygen atoms in total. The highest BCUT2D eigenvalue weighted by Gasteiger charge is 2.32. The summed E-state index contributed by atoms with van der Waals surface area (Å²) < 4.78 is 11.8. The second-order valence-electron chi connectivity index (χ2n) is 8.09. The predicted octanol–water partition coefficient (Wildman–Crippen LogP) is 2.51. The van der Waals surface area contributed by atoms with Gasteiger partial charge in [0.1, 0.15) is 6.61 Å². The first-order valence-electron chi connectivity index (χ1n) is 11.6. The van der Waals surface area contributed by atoms with E-state index < -0.39 is 24.0 Å². The number of nitrogens with one attached hydrogen (secondary N) is 2. The zero-order valence-corrected chi connectivity index (χ0v) is 19.9. The second-order valence-corrected chi connectivity index (χ2v) is 8.09. The van der Waals surface area contributed by atoms with Gasteiger partial charge in [-0.05, 0) is 25.0 Å². The normalized spacial score (nSPS) is 15.3. The first-order valence-corrected chi connectivity index (χ1v) is 11.6. The number of hydrogen-bond acceptors (Lipinski definition) is 7. The van der Waals surface area contributed by atoms with Crippen LogP contribution in [0.4, 0.5) is 4.79 Å². The first kappa shape index (κ1) is 24.6. The van der Waals surface area contributed by atoms with Crippen LogP contribution in [0.25, 0.3) is 10.8 Å². The lowest BCUT2D eigenvalue weighted by Gasteiger charge is -2.28. The maximum atomic E-state index is 13.2. The third-order valence-electron chi connectivity index (χ3n) is 5.73. The summed E-state index contributed by atoms with van der Waals surface area (Å²) >= 11 is 0. The molecule has 1 aromatic heterocycles. The van der Waals surface area contributed by atoms with E-state index in [2.05, 4.69) is 15.7 Å². The number of amides is 2. The Kier molecular flexibility index (Phi) is 7.43. The molecule has 1 atom stereocenters. The van der Waals surface area contributed by atoms with Crippen LogP contribution < -0.4 is 16.2 Å². The highest BCUT2D eigenvalue weighted by Crippen LogP contribution is 2.19. The van der Waals surface area contributed by atoms with E-state index in [0.717, 1.165) is 5.56 Å². The summed E-state index contributed by atoms with van der Waals surface area (Å²) in [4.78, 5) is 50.9. The highest BCUT2D eigenvalue weighted by atomic mass is 16.5. The predicted molar refractivity (Wildman–Crippen MR) is 131 cm³/mol. The van der Waals surface area contributed by atoms with Gasteiger partial charge in [-0.2, -0.15) is 5.10 Å². The fraction of sp³-hybridized carbons (Fsp3) is 0.269. The summed E-state index contributed by atoms with van der Waals surface area (Å²) in [6, 6.07) is 14.8. The van der Waals surface area contributed by atoms with Crippen LogP contribution in [0.3, 0.4) is 0 Å². The fourth-order valence-corrected chi connectivity index (χ4v) is 4.03. The minimum Gasteiger partial charge on any atom is -0.463 e. The molecule has 1 aliphatic rings. The lowest BCUT2D eigenvalue weighted by atomic mass is 10.0. The van der Waals surface area contributed by atoms with E-state index in [1.807, 2.05) is 37.3 Å². The van der Waals surface area contributed by atoms with E-state index in [0.29, 0.717) is 17.2 Å². The molecule has 2 amide bonds. The summed E-state index contributed by atoms with van der Waals surface area (Å²) in [5, 5.41) is 10.2. The summed E-state index contributed by atoms with van der Waals surface area (Å²) in [6.45, 7) is 3.42. The molecular weight excluding hydrogens is 464 g/mol. The number of ether oxygens (including phenoxy) is 2. The number of urea groups is 1. The molecule has 0 saturated carbocycles. The molecule has 0 bridgehead atoms. The van der Waals surface area contributed by atoms with E-state index in [9.17, 15) is 19.2 Å². The van der Waals surface area contributed by atoms with E-state index >= 15 is 0 Å². The number of benzene rings is 2. The standard InChI is InChI=1S/C26H26N4O6/c1-3-19-21(24(32)35-4-2)20(28-26(34)27-19)15-36-25(33)22-17-12-8-9-13-18(17)23(31)30(29-22)14-16-10-6-5-7-11-16/h5-13,19H,3-4,14-15H2,1-2H3,(H2,27,28,34). The molecule has 0 fully saturated rings. The van der Waals surface area contributed by atoms with Crippen LogP contribution in [-0.4, -0.2) is 47.0 Å². The van der Waals surface area contributed by atoms with Crippen LogP contribution in [0.15, 0.2) is 70.7 Å². The Bertz CT molecular complexity index is 1400. The van der Waals surface area contributed by atoms with Crippen molar-refractivity contribution < 1.29 is 23.9 Å². The van der Waals surface area contributed by atoms with E-state index in [-0.39, 0.29) is 42.3 Å². The maximum absolute atomic E-state index is 13.2. The molecule has 4 rings (SSSR count). The van der Waals surface area contributed by atoms with Crippen LogP contribution in [-0.2, 0) is 20.8 Å². The van der Waals surface area contributed by atoms with E-state index in [1.54, 1.807) is 31.2 Å². The molecule has 2 heterocycles. The van der Waals surface area contributed by atoms with Crippen LogP contribution in [0, 0.1) is 0 Å². The fourth-order valence-electron chi connectivity index (χ4n) is 4.03. The molecule has 0 saturated heterocycles. The van der Waals surface area contributed by atoms with Gasteiger partial charge in [-0.25, -0.2) is 19.1 Å². The molecule has 186 valence electrons. The Morgan fingerprint density at radius 3 is 2.33 bits per heavy atom. The minimum atomic E-state index is -0.801. The quantitative estimate of drug-likeness (QED) is 0.464. The summed E-state index contributed by atoms with van der Waals surface area (Å²) in [7, 11) is 0. The number of carbonyl (C=O) groups excluding carboxylic acids is 3. The van der Waals surface area contributed by atoms with Gasteiger partial charge in [-0.1, -0.05) is 55.5 Å². The smallest absolute Gasteiger partial charge is 0.359 e. The van der Waals surface area contributed by atoms with Crippen molar-refractivity contribution >= 4 is 28.7 Å². The average Bonchev–Trinajstić information content (AvgIpc) is 2.89. The van der Waals surface area contributed by atoms with Crippen LogP contribution in [0.2, 0.25) is 0 Å². The van der Waals surface area contributed by atoms with E-state index in [4.69, 9.17) is 9.47 Å². The molecule has 0 aliphatic carbocycles. The SMILES string of the molecule is CCOC(=O)C1=C(COC(=O)c2nn(Cc3ccccc3)c(=O)c3ccccc23)NC(=O)NC1CC. The Morgan fingerprint density at radius 2 is 1.64 bits per heavy atom. The molecule has 1 aliphatic heterocycles. The van der Waals surface area contributed by atoms with Gasteiger partial charge < -0.3 is 20.1 Å². The van der Waals surface area contributed by atoms with E-state index in [1.165, 1.54) is 4.68 Å². The lowest BCUT2D eigenvalue weighted by Crippen LogP contribution is -2.51. The number of hydrogen-bond donors (Lipinski definition) is 2. The van der Waals surface area contributed by atoms with Gasteiger partial charge in [0.15, 0.2) is 5.69 Å². The highest BCUT2D eigenvalue weighted by molar-refractivity contribution is 6.02. The van der Waals surface area contributed by atoms with Crippen LogP contribution in [0.5, 0.6) is 0 Å². The monoisotopic (exact) mass is 490 g/mol. The Labute approximate surface area is 206 Å². The van der Waals surface area contributed by atoms with Gasteiger partial charge in [0.05, 0.1) is 35.8 Å². The minimum absolute atomic E-state index is 0.0493. The molecule has 2 aromatic carbocycles. The first-order chi connectivity index (χ1) is 17.4. The maximum Gasteiger partial charge on any atom is 0.359 e. The number of esters is 2. The van der Waals surface area contributed by atoms with Crippen molar-refractivity contribution in [2.24, 2.45) is 0 Å². The molecule has 36 heavy (non-hydrogen) atoms. The van der Waals surface area contributed by atoms with Gasteiger partial charge in [0, 0.05) is 5.39 Å². The Morgan fingerprint density at radius 1 is 0.944 bits per heavy atom. The molecule has 10 heteroatoms.